The number of ether oxygens (including phenoxy) is 3. The lowest BCUT2D eigenvalue weighted by molar-refractivity contribution is -0.127. The molecule has 0 spiro atoms. The van der Waals surface area contributed by atoms with E-state index in [0.717, 1.165) is 0 Å². The Balaban J connectivity index is 1.56. The number of benzene rings is 2. The van der Waals surface area contributed by atoms with Gasteiger partial charge in [0.1, 0.15) is 19.0 Å². The van der Waals surface area contributed by atoms with Crippen LogP contribution < -0.4 is 24.4 Å². The number of hydrogen-bond donors (Lipinski definition) is 1. The van der Waals surface area contributed by atoms with Gasteiger partial charge in [-0.15, -0.1) is 0 Å². The summed E-state index contributed by atoms with van der Waals surface area (Å²) in [5.74, 6) is 1.76. The fraction of sp³-hybridized carbons (Fsp3) is 0.417. The second-order valence-electron chi connectivity index (χ2n) is 9.02. The predicted molar refractivity (Wildman–Crippen MR) is 118 cm³/mol. The second-order valence-corrected chi connectivity index (χ2v) is 9.02. The van der Waals surface area contributed by atoms with Gasteiger partial charge in [-0.3, -0.25) is 9.59 Å². The maximum atomic E-state index is 13.2. The van der Waals surface area contributed by atoms with E-state index in [4.69, 9.17) is 14.2 Å². The van der Waals surface area contributed by atoms with Crippen molar-refractivity contribution in [3.8, 4) is 17.2 Å². The summed E-state index contributed by atoms with van der Waals surface area (Å²) < 4.78 is 17.4. The monoisotopic (exact) mass is 424 g/mol. The minimum Gasteiger partial charge on any atom is -0.490 e. The Kier molecular flexibility index (Phi) is 5.52. The molecule has 7 heteroatoms. The molecule has 1 unspecified atom stereocenters. The van der Waals surface area contributed by atoms with Crippen LogP contribution in [0.4, 0.5) is 11.4 Å². The van der Waals surface area contributed by atoms with E-state index in [1.807, 2.05) is 26.0 Å². The first kappa shape index (κ1) is 21.0. The summed E-state index contributed by atoms with van der Waals surface area (Å²) in [7, 11) is 0. The van der Waals surface area contributed by atoms with Crippen molar-refractivity contribution in [1.82, 2.24) is 0 Å². The average molecular weight is 424 g/mol. The van der Waals surface area contributed by atoms with Crippen molar-refractivity contribution < 1.29 is 23.8 Å². The van der Waals surface area contributed by atoms with E-state index in [9.17, 15) is 9.59 Å². The average Bonchev–Trinajstić information content (AvgIpc) is 2.83. The minimum absolute atomic E-state index is 0.00375. The number of fused-ring (bicyclic) bond motifs is 2. The summed E-state index contributed by atoms with van der Waals surface area (Å²) in [6.07, 6.45) is -0.766. The van der Waals surface area contributed by atoms with Gasteiger partial charge in [0.15, 0.2) is 11.5 Å². The largest absolute Gasteiger partial charge is 0.490 e. The predicted octanol–water partition coefficient (Wildman–Crippen LogP) is 3.87. The third-order valence-electron chi connectivity index (χ3n) is 5.28. The molecule has 2 aromatic carbocycles. The number of carbonyl (C=O) groups excluding carboxylic acids is 2. The molecule has 0 saturated heterocycles. The Hall–Kier alpha value is -3.22. The molecule has 2 aliphatic heterocycles. The Morgan fingerprint density at radius 2 is 1.87 bits per heavy atom. The van der Waals surface area contributed by atoms with E-state index in [1.54, 1.807) is 35.2 Å². The summed E-state index contributed by atoms with van der Waals surface area (Å²) in [6, 6.07) is 12.6. The highest BCUT2D eigenvalue weighted by Crippen LogP contribution is 2.39. The van der Waals surface area contributed by atoms with Gasteiger partial charge in [0, 0.05) is 12.2 Å². The minimum atomic E-state index is -0.766. The van der Waals surface area contributed by atoms with Gasteiger partial charge in [0.2, 0.25) is 12.0 Å². The molecule has 1 N–H and O–H groups in total. The molecule has 2 aromatic rings. The van der Waals surface area contributed by atoms with Crippen LogP contribution in [-0.2, 0) is 9.59 Å². The van der Waals surface area contributed by atoms with Gasteiger partial charge in [0.05, 0.1) is 11.1 Å². The molecule has 1 atom stereocenters. The summed E-state index contributed by atoms with van der Waals surface area (Å²) >= 11 is 0. The van der Waals surface area contributed by atoms with Crippen LogP contribution in [0, 0.1) is 11.3 Å². The van der Waals surface area contributed by atoms with Crippen LogP contribution >= 0.6 is 0 Å². The molecule has 164 valence electrons. The lowest BCUT2D eigenvalue weighted by Gasteiger charge is -2.29. The number of rotatable bonds is 4. The molecule has 0 aromatic heterocycles. The van der Waals surface area contributed by atoms with Crippen molar-refractivity contribution in [2.45, 2.75) is 33.8 Å². The van der Waals surface area contributed by atoms with Gasteiger partial charge >= 0.3 is 0 Å². The summed E-state index contributed by atoms with van der Waals surface area (Å²) in [4.78, 5) is 27.8. The normalized spacial score (nSPS) is 19.3. The van der Waals surface area contributed by atoms with E-state index in [1.165, 1.54) is 0 Å². The highest BCUT2D eigenvalue weighted by molar-refractivity contribution is 6.01. The first-order valence-electron chi connectivity index (χ1n) is 10.5. The quantitative estimate of drug-likeness (QED) is 0.806. The number of carbonyl (C=O) groups is 2. The van der Waals surface area contributed by atoms with Crippen LogP contribution in [0.5, 0.6) is 17.2 Å². The molecule has 2 aliphatic rings. The fourth-order valence-electron chi connectivity index (χ4n) is 3.64. The zero-order valence-electron chi connectivity index (χ0n) is 18.3. The summed E-state index contributed by atoms with van der Waals surface area (Å²) in [6.45, 7) is 8.89. The smallest absolute Gasteiger partial charge is 0.269 e. The number of hydrogen-bond acceptors (Lipinski definition) is 5. The molecular weight excluding hydrogens is 396 g/mol. The van der Waals surface area contributed by atoms with E-state index in [0.29, 0.717) is 41.8 Å². The van der Waals surface area contributed by atoms with Gasteiger partial charge in [-0.25, -0.2) is 0 Å². The van der Waals surface area contributed by atoms with Gasteiger partial charge < -0.3 is 24.4 Å². The molecule has 0 bridgehead atoms. The van der Waals surface area contributed by atoms with Crippen LogP contribution in [-0.4, -0.2) is 37.7 Å². The maximum Gasteiger partial charge on any atom is 0.269 e. The van der Waals surface area contributed by atoms with Crippen molar-refractivity contribution in [3.05, 3.63) is 42.5 Å². The highest BCUT2D eigenvalue weighted by Gasteiger charge is 2.38. The fourth-order valence-corrected chi connectivity index (χ4v) is 3.64. The van der Waals surface area contributed by atoms with Gasteiger partial charge in [-0.05, 0) is 50.1 Å². The van der Waals surface area contributed by atoms with Gasteiger partial charge in [-0.2, -0.15) is 0 Å². The van der Waals surface area contributed by atoms with Crippen LogP contribution in [0.1, 0.15) is 27.7 Å². The topological polar surface area (TPSA) is 77.1 Å². The van der Waals surface area contributed by atoms with E-state index in [-0.39, 0.29) is 24.3 Å². The Labute approximate surface area is 182 Å². The van der Waals surface area contributed by atoms with E-state index >= 15 is 0 Å². The number of para-hydroxylation sites is 2. The molecule has 0 saturated carbocycles. The van der Waals surface area contributed by atoms with Gasteiger partial charge in [-0.1, -0.05) is 26.0 Å². The third kappa shape index (κ3) is 4.31. The molecule has 0 aliphatic carbocycles. The molecule has 0 fully saturated rings. The van der Waals surface area contributed by atoms with Crippen LogP contribution in [0.15, 0.2) is 42.5 Å². The molecule has 0 radical (unpaired) electrons. The van der Waals surface area contributed by atoms with Crippen LogP contribution in [0.2, 0.25) is 0 Å². The SMILES string of the molecule is CC(C)CN1C(=O)C(C)(C)COc2ccc(NC(=O)C3COc4ccccc4O3)cc21. The molecule has 2 heterocycles. The lowest BCUT2D eigenvalue weighted by atomic mass is 9.92. The molecule has 2 amide bonds. The van der Waals surface area contributed by atoms with Gasteiger partial charge in [0.25, 0.3) is 5.91 Å². The Morgan fingerprint density at radius 1 is 1.13 bits per heavy atom. The number of nitrogens with zero attached hydrogens (tertiary/aromatic N) is 1. The summed E-state index contributed by atoms with van der Waals surface area (Å²) in [5, 5.41) is 2.88. The Bertz CT molecular complexity index is 1000. The second kappa shape index (κ2) is 8.13. The standard InChI is InChI=1S/C24H28N2O5/c1-15(2)12-26-17-11-16(9-10-18(17)30-14-24(3,4)23(26)28)25-22(27)21-13-29-19-7-5-6-8-20(19)31-21/h5-11,15,21H,12-14H2,1-4H3,(H,25,27). The maximum absolute atomic E-state index is 13.2. The third-order valence-corrected chi connectivity index (χ3v) is 5.28. The number of amides is 2. The van der Waals surface area contributed by atoms with Crippen molar-refractivity contribution in [1.29, 1.82) is 0 Å². The summed E-state index contributed by atoms with van der Waals surface area (Å²) in [5.41, 5.74) is 0.585. The van der Waals surface area contributed by atoms with Crippen molar-refractivity contribution in [2.75, 3.05) is 30.0 Å². The highest BCUT2D eigenvalue weighted by atomic mass is 16.6. The zero-order chi connectivity index (χ0) is 22.2. The Morgan fingerprint density at radius 3 is 2.61 bits per heavy atom. The number of nitrogens with one attached hydrogen (secondary N) is 1. The first-order valence-corrected chi connectivity index (χ1v) is 10.5. The molecular formula is C24H28N2O5. The van der Waals surface area contributed by atoms with E-state index in [2.05, 4.69) is 19.2 Å². The first-order chi connectivity index (χ1) is 14.7. The molecule has 4 rings (SSSR count). The molecule has 31 heavy (non-hydrogen) atoms. The van der Waals surface area contributed by atoms with E-state index < -0.39 is 11.5 Å². The number of anilines is 2. The van der Waals surface area contributed by atoms with Crippen LogP contribution in [0.3, 0.4) is 0 Å². The van der Waals surface area contributed by atoms with Crippen molar-refractivity contribution >= 4 is 23.2 Å². The van der Waals surface area contributed by atoms with Crippen molar-refractivity contribution in [3.63, 3.8) is 0 Å². The zero-order valence-corrected chi connectivity index (χ0v) is 18.3. The van der Waals surface area contributed by atoms with Crippen molar-refractivity contribution in [2.24, 2.45) is 11.3 Å². The molecule has 7 nitrogen and oxygen atoms in total. The van der Waals surface area contributed by atoms with Crippen LogP contribution in [0.25, 0.3) is 0 Å². The lowest BCUT2D eigenvalue weighted by Crippen LogP contribution is -2.43.